The summed E-state index contributed by atoms with van der Waals surface area (Å²) in [7, 11) is 1.65. The van der Waals surface area contributed by atoms with E-state index < -0.39 is 0 Å². The lowest BCUT2D eigenvalue weighted by Crippen LogP contribution is -2.19. The summed E-state index contributed by atoms with van der Waals surface area (Å²) in [5, 5.41) is 0. The Balaban J connectivity index is 2.04. The van der Waals surface area contributed by atoms with E-state index in [-0.39, 0.29) is 11.9 Å². The van der Waals surface area contributed by atoms with Crippen LogP contribution in [0.5, 0.6) is 5.75 Å². The van der Waals surface area contributed by atoms with E-state index in [1.165, 1.54) is 0 Å². The third-order valence-corrected chi connectivity index (χ3v) is 3.63. The third kappa shape index (κ3) is 2.39. The van der Waals surface area contributed by atoms with Gasteiger partial charge >= 0.3 is 5.97 Å². The monoisotopic (exact) mass is 268 g/mol. The van der Waals surface area contributed by atoms with Crippen molar-refractivity contribution in [2.24, 2.45) is 0 Å². The molecule has 0 amide bonds. The van der Waals surface area contributed by atoms with Crippen molar-refractivity contribution in [1.29, 1.82) is 0 Å². The van der Waals surface area contributed by atoms with Crippen molar-refractivity contribution >= 4 is 5.97 Å². The Morgan fingerprint density at radius 1 is 1.30 bits per heavy atom. The number of esters is 1. The van der Waals surface area contributed by atoms with Crippen molar-refractivity contribution < 1.29 is 14.3 Å². The molecule has 3 heteroatoms. The van der Waals surface area contributed by atoms with Gasteiger partial charge < -0.3 is 9.47 Å². The minimum atomic E-state index is -0.166. The molecule has 0 bridgehead atoms. The summed E-state index contributed by atoms with van der Waals surface area (Å²) in [5.74, 6) is 1.44. The average molecular weight is 268 g/mol. The van der Waals surface area contributed by atoms with Gasteiger partial charge in [-0.25, -0.2) is 0 Å². The average Bonchev–Trinajstić information content (AvgIpc) is 2.71. The molecule has 102 valence electrons. The van der Waals surface area contributed by atoms with Gasteiger partial charge in [-0.15, -0.1) is 0 Å². The molecule has 1 atom stereocenters. The molecule has 1 aromatic rings. The fourth-order valence-corrected chi connectivity index (χ4v) is 2.65. The van der Waals surface area contributed by atoms with Crippen molar-refractivity contribution in [1.82, 2.24) is 0 Å². The predicted octanol–water partition coefficient (Wildman–Crippen LogP) is 3.50. The fourth-order valence-electron chi connectivity index (χ4n) is 2.65. The maximum Gasteiger partial charge on any atom is 0.311 e. The smallest absolute Gasteiger partial charge is 0.311 e. The molecule has 1 aliphatic carbocycles. The van der Waals surface area contributed by atoms with E-state index in [1.54, 1.807) is 7.11 Å². The Kier molecular flexibility index (Phi) is 3.42. The van der Waals surface area contributed by atoms with E-state index in [1.807, 2.05) is 48.6 Å². The highest BCUT2D eigenvalue weighted by Crippen LogP contribution is 2.38. The predicted molar refractivity (Wildman–Crippen MR) is 76.4 cm³/mol. The van der Waals surface area contributed by atoms with E-state index in [0.29, 0.717) is 12.8 Å². The summed E-state index contributed by atoms with van der Waals surface area (Å²) in [6.07, 6.45) is 9.05. The molecule has 0 spiro atoms. The largest absolute Gasteiger partial charge is 0.497 e. The van der Waals surface area contributed by atoms with Gasteiger partial charge in [0, 0.05) is 12.3 Å². The first-order chi connectivity index (χ1) is 9.78. The van der Waals surface area contributed by atoms with Gasteiger partial charge in [-0.1, -0.05) is 36.4 Å². The number of hydrogen-bond donors (Lipinski definition) is 0. The molecular weight excluding hydrogens is 252 g/mol. The van der Waals surface area contributed by atoms with Crippen molar-refractivity contribution in [2.75, 3.05) is 7.11 Å². The number of rotatable bonds is 2. The zero-order valence-corrected chi connectivity index (χ0v) is 11.3. The summed E-state index contributed by atoms with van der Waals surface area (Å²) in [6.45, 7) is 0. The quantitative estimate of drug-likeness (QED) is 0.770. The van der Waals surface area contributed by atoms with Crippen molar-refractivity contribution in [3.05, 3.63) is 65.5 Å². The SMILES string of the molecule is COc1cccc(C2CC(=O)OC3=C2C=CC=CC3)c1. The zero-order chi connectivity index (χ0) is 13.9. The number of benzene rings is 1. The van der Waals surface area contributed by atoms with Crippen LogP contribution in [0.2, 0.25) is 0 Å². The van der Waals surface area contributed by atoms with Gasteiger partial charge in [-0.2, -0.15) is 0 Å². The molecule has 1 aliphatic heterocycles. The van der Waals surface area contributed by atoms with Crippen LogP contribution in [0.15, 0.2) is 59.9 Å². The second-order valence-corrected chi connectivity index (χ2v) is 4.88. The Bertz CT molecular complexity index is 623. The van der Waals surface area contributed by atoms with Gasteiger partial charge in [0.2, 0.25) is 0 Å². The summed E-state index contributed by atoms with van der Waals surface area (Å²) in [5.41, 5.74) is 2.17. The van der Waals surface area contributed by atoms with Crippen LogP contribution in [-0.4, -0.2) is 13.1 Å². The fraction of sp³-hybridized carbons (Fsp3) is 0.235. The Hall–Kier alpha value is -2.29. The Morgan fingerprint density at radius 2 is 2.20 bits per heavy atom. The lowest BCUT2D eigenvalue weighted by atomic mass is 9.85. The maximum atomic E-state index is 11.8. The normalized spacial score (nSPS) is 21.2. The molecule has 1 unspecified atom stereocenters. The van der Waals surface area contributed by atoms with E-state index in [4.69, 9.17) is 9.47 Å². The summed E-state index contributed by atoms with van der Waals surface area (Å²) in [4.78, 5) is 11.8. The van der Waals surface area contributed by atoms with Crippen LogP contribution < -0.4 is 4.74 Å². The van der Waals surface area contributed by atoms with E-state index in [0.717, 1.165) is 22.6 Å². The van der Waals surface area contributed by atoms with Crippen LogP contribution in [0, 0.1) is 0 Å². The highest BCUT2D eigenvalue weighted by Gasteiger charge is 2.29. The number of methoxy groups -OCH3 is 1. The lowest BCUT2D eigenvalue weighted by Gasteiger charge is -2.26. The minimum Gasteiger partial charge on any atom is -0.497 e. The molecule has 0 saturated carbocycles. The molecule has 20 heavy (non-hydrogen) atoms. The first-order valence-electron chi connectivity index (χ1n) is 6.69. The second kappa shape index (κ2) is 5.37. The van der Waals surface area contributed by atoms with Crippen LogP contribution in [0.3, 0.4) is 0 Å². The third-order valence-electron chi connectivity index (χ3n) is 3.63. The van der Waals surface area contributed by atoms with Crippen molar-refractivity contribution in [2.45, 2.75) is 18.8 Å². The minimum absolute atomic E-state index is 0.0394. The van der Waals surface area contributed by atoms with Crippen LogP contribution in [0.1, 0.15) is 24.3 Å². The van der Waals surface area contributed by atoms with Crippen LogP contribution in [0.4, 0.5) is 0 Å². The van der Waals surface area contributed by atoms with Gasteiger partial charge in [0.1, 0.15) is 11.5 Å². The first kappa shape index (κ1) is 12.7. The van der Waals surface area contributed by atoms with Gasteiger partial charge in [-0.3, -0.25) is 4.79 Å². The van der Waals surface area contributed by atoms with Gasteiger partial charge in [0.05, 0.1) is 13.5 Å². The Morgan fingerprint density at radius 3 is 3.05 bits per heavy atom. The molecule has 1 aromatic carbocycles. The van der Waals surface area contributed by atoms with E-state index in [2.05, 4.69) is 0 Å². The summed E-state index contributed by atoms with van der Waals surface area (Å²) < 4.78 is 10.7. The number of carbonyl (C=O) groups excluding carboxylic acids is 1. The van der Waals surface area contributed by atoms with Crippen LogP contribution >= 0.6 is 0 Å². The zero-order valence-electron chi connectivity index (χ0n) is 11.3. The molecule has 0 saturated heterocycles. The second-order valence-electron chi connectivity index (χ2n) is 4.88. The number of ether oxygens (including phenoxy) is 2. The molecular formula is C17H16O3. The van der Waals surface area contributed by atoms with Gasteiger partial charge in [-0.05, 0) is 23.3 Å². The highest BCUT2D eigenvalue weighted by molar-refractivity contribution is 5.75. The maximum absolute atomic E-state index is 11.8. The molecule has 0 N–H and O–H groups in total. The first-order valence-corrected chi connectivity index (χ1v) is 6.69. The topological polar surface area (TPSA) is 35.5 Å². The summed E-state index contributed by atoms with van der Waals surface area (Å²) in [6, 6.07) is 7.88. The molecule has 0 aromatic heterocycles. The molecule has 2 aliphatic rings. The number of hydrogen-bond acceptors (Lipinski definition) is 3. The van der Waals surface area contributed by atoms with E-state index >= 15 is 0 Å². The summed E-state index contributed by atoms with van der Waals surface area (Å²) >= 11 is 0. The number of allylic oxidation sites excluding steroid dienone is 5. The standard InChI is InChI=1S/C17H16O3/c1-19-13-7-5-6-12(10-13)15-11-17(18)20-16-9-4-2-3-8-14(15)16/h2-8,10,15H,9,11H2,1H3. The van der Waals surface area contributed by atoms with Gasteiger partial charge in [0.25, 0.3) is 0 Å². The number of carbonyl (C=O) groups is 1. The molecule has 0 fully saturated rings. The lowest BCUT2D eigenvalue weighted by molar-refractivity contribution is -0.141. The van der Waals surface area contributed by atoms with Crippen molar-refractivity contribution in [3.8, 4) is 5.75 Å². The molecule has 3 nitrogen and oxygen atoms in total. The molecule has 3 rings (SSSR count). The van der Waals surface area contributed by atoms with Crippen molar-refractivity contribution in [3.63, 3.8) is 0 Å². The van der Waals surface area contributed by atoms with Gasteiger partial charge in [0.15, 0.2) is 0 Å². The van der Waals surface area contributed by atoms with E-state index in [9.17, 15) is 4.79 Å². The molecule has 1 heterocycles. The van der Waals surface area contributed by atoms with Crippen LogP contribution in [-0.2, 0) is 9.53 Å². The highest BCUT2D eigenvalue weighted by atomic mass is 16.5. The Labute approximate surface area is 118 Å². The van der Waals surface area contributed by atoms with Crippen LogP contribution in [0.25, 0.3) is 0 Å². The molecule has 0 radical (unpaired) electrons.